The van der Waals surface area contributed by atoms with Crippen molar-refractivity contribution in [2.45, 2.75) is 12.8 Å². The molecule has 0 saturated carbocycles. The molecule has 0 atom stereocenters. The average molecular weight is 296 g/mol. The van der Waals surface area contributed by atoms with Crippen molar-refractivity contribution >= 4 is 5.97 Å². The fraction of sp³-hybridized carbons (Fsp3) is 0.133. The number of para-hydroxylation sites is 1. The van der Waals surface area contributed by atoms with Crippen molar-refractivity contribution in [3.05, 3.63) is 65.2 Å². The summed E-state index contributed by atoms with van der Waals surface area (Å²) in [6, 6.07) is 11.5. The highest BCUT2D eigenvalue weighted by molar-refractivity contribution is 5.91. The first-order chi connectivity index (χ1) is 9.89. The van der Waals surface area contributed by atoms with Gasteiger partial charge in [-0.3, -0.25) is 0 Å². The van der Waals surface area contributed by atoms with Crippen LogP contribution in [0.5, 0.6) is 5.75 Å². The largest absolute Gasteiger partial charge is 0.487 e. The zero-order valence-corrected chi connectivity index (χ0v) is 10.7. The molecule has 3 nitrogen and oxygen atoms in total. The van der Waals surface area contributed by atoms with Crippen LogP contribution in [-0.4, -0.2) is 11.1 Å². The Labute approximate surface area is 118 Å². The summed E-state index contributed by atoms with van der Waals surface area (Å²) in [5, 5.41) is 9.01. The predicted molar refractivity (Wildman–Crippen MR) is 69.2 cm³/mol. The first kappa shape index (κ1) is 14.9. The highest BCUT2D eigenvalue weighted by Crippen LogP contribution is 2.38. The van der Waals surface area contributed by atoms with Gasteiger partial charge in [-0.25, -0.2) is 4.79 Å². The summed E-state index contributed by atoms with van der Waals surface area (Å²) in [6.07, 6.45) is -4.68. The van der Waals surface area contributed by atoms with Crippen LogP contribution in [0.1, 0.15) is 21.5 Å². The molecule has 0 aliphatic carbocycles. The van der Waals surface area contributed by atoms with E-state index in [4.69, 9.17) is 9.84 Å². The van der Waals surface area contributed by atoms with E-state index < -0.39 is 29.0 Å². The number of carboxylic acids is 1. The Hall–Kier alpha value is -2.50. The molecule has 1 N–H and O–H groups in total. The van der Waals surface area contributed by atoms with E-state index in [1.165, 1.54) is 0 Å². The lowest BCUT2D eigenvalue weighted by atomic mass is 10.1. The Balaban J connectivity index is 2.37. The van der Waals surface area contributed by atoms with Crippen LogP contribution in [0.3, 0.4) is 0 Å². The number of carbonyl (C=O) groups is 1. The number of hydrogen-bond acceptors (Lipinski definition) is 2. The Morgan fingerprint density at radius 2 is 1.71 bits per heavy atom. The van der Waals surface area contributed by atoms with Crippen LogP contribution in [0.15, 0.2) is 48.5 Å². The van der Waals surface area contributed by atoms with Gasteiger partial charge in [0.15, 0.2) is 0 Å². The molecule has 2 aromatic rings. The molecule has 0 radical (unpaired) electrons. The second-order valence-electron chi connectivity index (χ2n) is 4.26. The first-order valence-corrected chi connectivity index (χ1v) is 6.00. The van der Waals surface area contributed by atoms with Crippen molar-refractivity contribution in [3.63, 3.8) is 0 Å². The molecule has 2 aromatic carbocycles. The lowest BCUT2D eigenvalue weighted by Gasteiger charge is -2.16. The minimum Gasteiger partial charge on any atom is -0.487 e. The maximum atomic E-state index is 12.9. The van der Waals surface area contributed by atoms with Crippen molar-refractivity contribution in [1.82, 2.24) is 0 Å². The van der Waals surface area contributed by atoms with Crippen molar-refractivity contribution in [2.75, 3.05) is 0 Å². The minimum absolute atomic E-state index is 0.145. The van der Waals surface area contributed by atoms with E-state index in [2.05, 4.69) is 0 Å². The van der Waals surface area contributed by atoms with Gasteiger partial charge in [-0.1, -0.05) is 36.4 Å². The quantitative estimate of drug-likeness (QED) is 0.928. The molecule has 0 aliphatic heterocycles. The molecular weight excluding hydrogens is 285 g/mol. The SMILES string of the molecule is O=C(O)c1cccc(C(F)(F)F)c1OCc1ccccc1. The summed E-state index contributed by atoms with van der Waals surface area (Å²) in [5.41, 5.74) is -0.968. The highest BCUT2D eigenvalue weighted by Gasteiger charge is 2.36. The van der Waals surface area contributed by atoms with Crippen LogP contribution in [-0.2, 0) is 12.8 Å². The second kappa shape index (κ2) is 5.87. The third-order valence-electron chi connectivity index (χ3n) is 2.78. The Morgan fingerprint density at radius 1 is 1.05 bits per heavy atom. The van der Waals surface area contributed by atoms with Crippen LogP contribution in [0.25, 0.3) is 0 Å². The number of halogens is 3. The topological polar surface area (TPSA) is 46.5 Å². The Bertz CT molecular complexity index is 636. The number of aromatic carboxylic acids is 1. The fourth-order valence-electron chi connectivity index (χ4n) is 1.81. The van der Waals surface area contributed by atoms with Gasteiger partial charge in [-0.2, -0.15) is 13.2 Å². The lowest BCUT2D eigenvalue weighted by molar-refractivity contribution is -0.139. The number of rotatable bonds is 4. The van der Waals surface area contributed by atoms with Crippen molar-refractivity contribution in [3.8, 4) is 5.75 Å². The monoisotopic (exact) mass is 296 g/mol. The standard InChI is InChI=1S/C15H11F3O3/c16-15(17,18)12-8-4-7-11(14(19)20)13(12)21-9-10-5-2-1-3-6-10/h1-8H,9H2,(H,19,20). The van der Waals surface area contributed by atoms with E-state index in [1.807, 2.05) is 0 Å². The van der Waals surface area contributed by atoms with Crippen LogP contribution in [0.2, 0.25) is 0 Å². The second-order valence-corrected chi connectivity index (χ2v) is 4.26. The van der Waals surface area contributed by atoms with Gasteiger partial charge in [-0.15, -0.1) is 0 Å². The molecule has 0 spiro atoms. The maximum Gasteiger partial charge on any atom is 0.419 e. The molecule has 110 valence electrons. The van der Waals surface area contributed by atoms with Gasteiger partial charge in [0.1, 0.15) is 17.9 Å². The highest BCUT2D eigenvalue weighted by atomic mass is 19.4. The third-order valence-corrected chi connectivity index (χ3v) is 2.78. The molecule has 0 saturated heterocycles. The van der Waals surface area contributed by atoms with E-state index in [0.717, 1.165) is 18.2 Å². The van der Waals surface area contributed by atoms with E-state index in [1.54, 1.807) is 30.3 Å². The zero-order chi connectivity index (χ0) is 15.5. The van der Waals surface area contributed by atoms with Crippen molar-refractivity contribution in [1.29, 1.82) is 0 Å². The molecule has 6 heteroatoms. The van der Waals surface area contributed by atoms with Crippen LogP contribution >= 0.6 is 0 Å². The number of carboxylic acid groups (broad SMARTS) is 1. The summed E-state index contributed by atoms with van der Waals surface area (Å²) in [5.74, 6) is -2.13. The van der Waals surface area contributed by atoms with Gasteiger partial charge < -0.3 is 9.84 Å². The normalized spacial score (nSPS) is 11.2. The van der Waals surface area contributed by atoms with Gasteiger partial charge in [0.05, 0.1) is 5.56 Å². The Morgan fingerprint density at radius 3 is 2.29 bits per heavy atom. The summed E-state index contributed by atoms with van der Waals surface area (Å²) < 4.78 is 44.0. The van der Waals surface area contributed by atoms with Crippen LogP contribution in [0, 0.1) is 0 Å². The minimum atomic E-state index is -4.68. The molecule has 0 fully saturated rings. The van der Waals surface area contributed by atoms with E-state index >= 15 is 0 Å². The molecule has 0 aromatic heterocycles. The molecule has 0 unspecified atom stereocenters. The van der Waals surface area contributed by atoms with Crippen molar-refractivity contribution < 1.29 is 27.8 Å². The molecule has 0 bridgehead atoms. The molecule has 2 rings (SSSR count). The number of benzene rings is 2. The molecule has 21 heavy (non-hydrogen) atoms. The molecule has 0 aliphatic rings. The van der Waals surface area contributed by atoms with Gasteiger partial charge >= 0.3 is 12.1 Å². The molecule has 0 amide bonds. The smallest absolute Gasteiger partial charge is 0.419 e. The molecular formula is C15H11F3O3. The van der Waals surface area contributed by atoms with Gasteiger partial charge in [0, 0.05) is 0 Å². The third kappa shape index (κ3) is 3.53. The Kier molecular flexibility index (Phi) is 4.16. The summed E-state index contributed by atoms with van der Waals surface area (Å²) in [4.78, 5) is 11.1. The van der Waals surface area contributed by atoms with Crippen LogP contribution in [0.4, 0.5) is 13.2 Å². The summed E-state index contributed by atoms with van der Waals surface area (Å²) in [7, 11) is 0. The van der Waals surface area contributed by atoms with Gasteiger partial charge in [0.25, 0.3) is 0 Å². The van der Waals surface area contributed by atoms with E-state index in [-0.39, 0.29) is 6.61 Å². The number of hydrogen-bond donors (Lipinski definition) is 1. The summed E-state index contributed by atoms with van der Waals surface area (Å²) >= 11 is 0. The molecule has 0 heterocycles. The zero-order valence-electron chi connectivity index (χ0n) is 10.7. The summed E-state index contributed by atoms with van der Waals surface area (Å²) in [6.45, 7) is -0.145. The maximum absolute atomic E-state index is 12.9. The number of ether oxygens (including phenoxy) is 1. The van der Waals surface area contributed by atoms with E-state index in [9.17, 15) is 18.0 Å². The number of alkyl halides is 3. The average Bonchev–Trinajstić information content (AvgIpc) is 2.44. The van der Waals surface area contributed by atoms with Crippen molar-refractivity contribution in [2.24, 2.45) is 0 Å². The van der Waals surface area contributed by atoms with Crippen LogP contribution < -0.4 is 4.74 Å². The fourth-order valence-corrected chi connectivity index (χ4v) is 1.81. The van der Waals surface area contributed by atoms with E-state index in [0.29, 0.717) is 5.56 Å². The predicted octanol–water partition coefficient (Wildman–Crippen LogP) is 3.98. The van der Waals surface area contributed by atoms with Gasteiger partial charge in [0.2, 0.25) is 0 Å². The lowest BCUT2D eigenvalue weighted by Crippen LogP contribution is -2.12. The van der Waals surface area contributed by atoms with Gasteiger partial charge in [-0.05, 0) is 17.7 Å². The first-order valence-electron chi connectivity index (χ1n) is 6.00.